The zero-order valence-electron chi connectivity index (χ0n) is 13.9. The van der Waals surface area contributed by atoms with E-state index >= 15 is 0 Å². The third kappa shape index (κ3) is 3.44. The predicted octanol–water partition coefficient (Wildman–Crippen LogP) is 2.00. The van der Waals surface area contributed by atoms with Crippen molar-refractivity contribution < 1.29 is 4.79 Å². The summed E-state index contributed by atoms with van der Waals surface area (Å²) in [6.07, 6.45) is 8.76. The molecule has 0 saturated heterocycles. The van der Waals surface area contributed by atoms with E-state index in [0.29, 0.717) is 11.6 Å². The average Bonchev–Trinajstić information content (AvgIpc) is 3.23. The van der Waals surface area contributed by atoms with Crippen molar-refractivity contribution in [1.82, 2.24) is 35.1 Å². The number of hydrogen-bond acceptors (Lipinski definition) is 5. The molecule has 0 aromatic carbocycles. The Morgan fingerprint density at radius 2 is 2.12 bits per heavy atom. The number of rotatable bonds is 3. The molecule has 0 atom stereocenters. The van der Waals surface area contributed by atoms with E-state index in [4.69, 9.17) is 0 Å². The molecule has 0 aliphatic heterocycles. The summed E-state index contributed by atoms with van der Waals surface area (Å²) < 4.78 is 1.66. The van der Waals surface area contributed by atoms with Gasteiger partial charge in [0.25, 0.3) is 0 Å². The van der Waals surface area contributed by atoms with Gasteiger partial charge in [-0.25, -0.2) is 19.3 Å². The number of anilines is 1. The molecule has 1 fully saturated rings. The van der Waals surface area contributed by atoms with E-state index < -0.39 is 0 Å². The first kappa shape index (κ1) is 15.6. The van der Waals surface area contributed by atoms with Gasteiger partial charge >= 0.3 is 6.03 Å². The second kappa shape index (κ2) is 6.50. The highest BCUT2D eigenvalue weighted by Crippen LogP contribution is 2.30. The van der Waals surface area contributed by atoms with Crippen LogP contribution in [0.25, 0.3) is 5.65 Å². The Kier molecular flexibility index (Phi) is 4.04. The first-order chi connectivity index (χ1) is 12.2. The van der Waals surface area contributed by atoms with E-state index in [1.807, 2.05) is 13.0 Å². The highest BCUT2D eigenvalue weighted by atomic mass is 16.2. The number of urea groups is 1. The Hall–Kier alpha value is -2.97. The summed E-state index contributed by atoms with van der Waals surface area (Å²) in [6.45, 7) is 1.91. The van der Waals surface area contributed by atoms with Gasteiger partial charge in [-0.05, 0) is 32.6 Å². The lowest BCUT2D eigenvalue weighted by Crippen LogP contribution is -2.40. The molecule has 0 bridgehead atoms. The molecule has 9 heteroatoms. The lowest BCUT2D eigenvalue weighted by Gasteiger charge is -2.27. The lowest BCUT2D eigenvalue weighted by atomic mass is 9.85. The molecule has 2 amide bonds. The lowest BCUT2D eigenvalue weighted by molar-refractivity contribution is 0.242. The van der Waals surface area contributed by atoms with Crippen molar-refractivity contribution in [3.8, 4) is 0 Å². The zero-order valence-corrected chi connectivity index (χ0v) is 13.9. The molecule has 1 saturated carbocycles. The molecule has 130 valence electrons. The minimum atomic E-state index is -0.215. The third-order valence-corrected chi connectivity index (χ3v) is 4.58. The van der Waals surface area contributed by atoms with Gasteiger partial charge in [0.05, 0.1) is 23.8 Å². The van der Waals surface area contributed by atoms with Crippen molar-refractivity contribution >= 4 is 17.4 Å². The number of amides is 2. The quantitative estimate of drug-likeness (QED) is 0.675. The topological polar surface area (TPSA) is 113 Å². The third-order valence-electron chi connectivity index (χ3n) is 4.58. The number of fused-ring (bicyclic) bond motifs is 1. The van der Waals surface area contributed by atoms with Gasteiger partial charge < -0.3 is 10.6 Å². The minimum Gasteiger partial charge on any atom is -0.335 e. The van der Waals surface area contributed by atoms with Gasteiger partial charge in [0.2, 0.25) is 0 Å². The summed E-state index contributed by atoms with van der Waals surface area (Å²) in [6, 6.07) is 1.84. The molecular formula is C16H20N8O. The second-order valence-corrected chi connectivity index (χ2v) is 6.45. The minimum absolute atomic E-state index is 0.169. The first-order valence-corrected chi connectivity index (χ1v) is 8.42. The van der Waals surface area contributed by atoms with Gasteiger partial charge in [-0.1, -0.05) is 0 Å². The van der Waals surface area contributed by atoms with E-state index in [0.717, 1.165) is 42.8 Å². The van der Waals surface area contributed by atoms with Gasteiger partial charge in [-0.15, -0.1) is 0 Å². The fourth-order valence-electron chi connectivity index (χ4n) is 3.34. The van der Waals surface area contributed by atoms with Gasteiger partial charge in [-0.2, -0.15) is 10.2 Å². The molecule has 1 aliphatic rings. The van der Waals surface area contributed by atoms with E-state index in [9.17, 15) is 4.79 Å². The monoisotopic (exact) mass is 340 g/mol. The van der Waals surface area contributed by atoms with E-state index in [-0.39, 0.29) is 12.1 Å². The van der Waals surface area contributed by atoms with Crippen LogP contribution in [0.5, 0.6) is 0 Å². The summed E-state index contributed by atoms with van der Waals surface area (Å²) in [7, 11) is 0. The van der Waals surface area contributed by atoms with Crippen LogP contribution in [-0.2, 0) is 0 Å². The van der Waals surface area contributed by atoms with Crippen LogP contribution in [0.15, 0.2) is 24.8 Å². The van der Waals surface area contributed by atoms with Crippen LogP contribution in [0, 0.1) is 6.92 Å². The molecule has 1 aliphatic carbocycles. The largest absolute Gasteiger partial charge is 0.335 e. The molecule has 3 aromatic rings. The normalized spacial score (nSPS) is 20.5. The number of hydrogen-bond donors (Lipinski definition) is 3. The summed E-state index contributed by atoms with van der Waals surface area (Å²) in [5.41, 5.74) is 2.26. The number of nitrogens with one attached hydrogen (secondary N) is 3. The summed E-state index contributed by atoms with van der Waals surface area (Å²) in [4.78, 5) is 20.7. The van der Waals surface area contributed by atoms with Gasteiger partial charge in [0.1, 0.15) is 12.2 Å². The highest BCUT2D eigenvalue weighted by Gasteiger charge is 2.25. The van der Waals surface area contributed by atoms with E-state index in [2.05, 4.69) is 35.9 Å². The second-order valence-electron chi connectivity index (χ2n) is 6.45. The van der Waals surface area contributed by atoms with Crippen LogP contribution in [-0.4, -0.2) is 41.9 Å². The van der Waals surface area contributed by atoms with Crippen LogP contribution in [0.1, 0.15) is 43.1 Å². The van der Waals surface area contributed by atoms with Gasteiger partial charge in [0.15, 0.2) is 5.65 Å². The number of carbonyl (C=O) groups is 1. The molecule has 3 aromatic heterocycles. The molecule has 4 rings (SSSR count). The SMILES string of the molecule is Cc1cc2ncc(NC(=O)NC3CCC(c4ncn[nH]4)CC3)cn2n1. The smallest absolute Gasteiger partial charge is 0.319 e. The fraction of sp³-hybridized carbons (Fsp3) is 0.438. The number of aromatic nitrogens is 6. The van der Waals surface area contributed by atoms with Crippen LogP contribution in [0.3, 0.4) is 0 Å². The standard InChI is InChI=1S/C16H20N8O/c1-10-6-14-17-7-13(8-24(14)23-10)21-16(25)20-12-4-2-11(3-5-12)15-18-9-19-22-15/h6-9,11-12H,2-5H2,1H3,(H,18,19,22)(H2,20,21,25). The van der Waals surface area contributed by atoms with Crippen LogP contribution >= 0.6 is 0 Å². The van der Waals surface area contributed by atoms with Crippen molar-refractivity contribution in [1.29, 1.82) is 0 Å². The van der Waals surface area contributed by atoms with Crippen molar-refractivity contribution in [2.24, 2.45) is 0 Å². The number of nitrogens with zero attached hydrogens (tertiary/aromatic N) is 5. The summed E-state index contributed by atoms with van der Waals surface area (Å²) in [5.74, 6) is 1.34. The molecule has 0 unspecified atom stereocenters. The maximum absolute atomic E-state index is 12.2. The number of carbonyl (C=O) groups excluding carboxylic acids is 1. The maximum atomic E-state index is 12.2. The molecule has 9 nitrogen and oxygen atoms in total. The average molecular weight is 340 g/mol. The maximum Gasteiger partial charge on any atom is 0.319 e. The Labute approximate surface area is 144 Å². The number of aryl methyl sites for hydroxylation is 1. The van der Waals surface area contributed by atoms with Crippen LogP contribution in [0.4, 0.5) is 10.5 Å². The van der Waals surface area contributed by atoms with Crippen molar-refractivity contribution in [2.45, 2.75) is 44.6 Å². The summed E-state index contributed by atoms with van der Waals surface area (Å²) >= 11 is 0. The fourth-order valence-corrected chi connectivity index (χ4v) is 3.34. The summed E-state index contributed by atoms with van der Waals surface area (Å²) in [5, 5.41) is 17.0. The molecule has 0 spiro atoms. The molecular weight excluding hydrogens is 320 g/mol. The Morgan fingerprint density at radius 3 is 2.88 bits per heavy atom. The van der Waals surface area contributed by atoms with Crippen molar-refractivity contribution in [3.63, 3.8) is 0 Å². The zero-order chi connectivity index (χ0) is 17.2. The van der Waals surface area contributed by atoms with Crippen molar-refractivity contribution in [2.75, 3.05) is 5.32 Å². The molecule has 25 heavy (non-hydrogen) atoms. The molecule has 0 radical (unpaired) electrons. The Balaban J connectivity index is 1.31. The van der Waals surface area contributed by atoms with Crippen LogP contribution in [0.2, 0.25) is 0 Å². The molecule has 3 N–H and O–H groups in total. The van der Waals surface area contributed by atoms with Gasteiger partial charge in [0, 0.05) is 18.0 Å². The van der Waals surface area contributed by atoms with Crippen molar-refractivity contribution in [3.05, 3.63) is 36.3 Å². The molecule has 3 heterocycles. The van der Waals surface area contributed by atoms with Crippen LogP contribution < -0.4 is 10.6 Å². The van der Waals surface area contributed by atoms with Gasteiger partial charge in [-0.3, -0.25) is 5.10 Å². The predicted molar refractivity (Wildman–Crippen MR) is 91.3 cm³/mol. The Morgan fingerprint density at radius 1 is 1.28 bits per heavy atom. The number of H-pyrrole nitrogens is 1. The Bertz CT molecular complexity index is 864. The number of aromatic amines is 1. The van der Waals surface area contributed by atoms with E-state index in [1.54, 1.807) is 23.2 Å². The highest BCUT2D eigenvalue weighted by molar-refractivity contribution is 5.89. The first-order valence-electron chi connectivity index (χ1n) is 8.42. The van der Waals surface area contributed by atoms with E-state index in [1.165, 1.54) is 0 Å².